The van der Waals surface area contributed by atoms with Crippen molar-refractivity contribution in [2.75, 3.05) is 44.7 Å². The number of carbonyl (C=O) groups is 2. The van der Waals surface area contributed by atoms with Crippen molar-refractivity contribution in [2.45, 2.75) is 6.04 Å². The Morgan fingerprint density at radius 3 is 2.63 bits per heavy atom. The summed E-state index contributed by atoms with van der Waals surface area (Å²) in [5.74, 6) is -0.650. The van der Waals surface area contributed by atoms with Crippen molar-refractivity contribution in [1.29, 1.82) is 0 Å². The zero-order valence-corrected chi connectivity index (χ0v) is 14.5. The molecule has 1 aromatic heterocycles. The van der Waals surface area contributed by atoms with E-state index in [1.54, 1.807) is 32.8 Å². The number of rotatable bonds is 3. The van der Waals surface area contributed by atoms with Gasteiger partial charge in [-0.1, -0.05) is 17.3 Å². The average molecular weight is 374 g/mol. The molecule has 0 saturated carbocycles. The molecule has 2 aliphatic rings. The molecule has 0 radical (unpaired) electrons. The average Bonchev–Trinajstić information content (AvgIpc) is 3.12. The van der Waals surface area contributed by atoms with E-state index in [1.165, 1.54) is 12.1 Å². The van der Waals surface area contributed by atoms with Gasteiger partial charge in [0.25, 0.3) is 5.91 Å². The molecule has 0 aliphatic carbocycles. The van der Waals surface area contributed by atoms with Crippen molar-refractivity contribution in [2.24, 2.45) is 0 Å². The normalized spacial score (nSPS) is 17.5. The van der Waals surface area contributed by atoms with Crippen LogP contribution in [-0.2, 0) is 4.74 Å². The number of halogens is 1. The zero-order chi connectivity index (χ0) is 18.8. The third-order valence-electron chi connectivity index (χ3n) is 4.67. The fraction of sp³-hybridized carbons (Fsp3) is 0.412. The van der Waals surface area contributed by atoms with E-state index in [2.05, 4.69) is 15.6 Å². The van der Waals surface area contributed by atoms with E-state index in [9.17, 15) is 14.0 Å². The predicted octanol–water partition coefficient (Wildman–Crippen LogP) is 0.978. The first kappa shape index (κ1) is 17.4. The van der Waals surface area contributed by atoms with Crippen LogP contribution in [0.2, 0.25) is 0 Å². The van der Waals surface area contributed by atoms with E-state index in [0.717, 1.165) is 0 Å². The molecule has 3 heterocycles. The highest BCUT2D eigenvalue weighted by Gasteiger charge is 2.34. The van der Waals surface area contributed by atoms with Crippen LogP contribution in [0.5, 0.6) is 0 Å². The smallest absolute Gasteiger partial charge is 0.322 e. The van der Waals surface area contributed by atoms with Gasteiger partial charge < -0.3 is 19.9 Å². The number of carbonyl (C=O) groups excluding carboxylic acids is 2. The summed E-state index contributed by atoms with van der Waals surface area (Å²) in [6.45, 7) is 2.95. The van der Waals surface area contributed by atoms with Gasteiger partial charge in [0.2, 0.25) is 0 Å². The first-order valence-corrected chi connectivity index (χ1v) is 8.71. The summed E-state index contributed by atoms with van der Waals surface area (Å²) in [4.78, 5) is 27.8. The lowest BCUT2D eigenvalue weighted by molar-refractivity contribution is 0.0299. The van der Waals surface area contributed by atoms with Crippen LogP contribution in [0.25, 0.3) is 0 Å². The number of urea groups is 1. The number of hydrogen-bond acceptors (Lipinski definition) is 5. The maximum Gasteiger partial charge on any atom is 0.322 e. The quantitative estimate of drug-likeness (QED) is 0.865. The molecule has 142 valence electrons. The summed E-state index contributed by atoms with van der Waals surface area (Å²) < 4.78 is 20.4. The lowest BCUT2D eigenvalue weighted by Gasteiger charge is -2.38. The molecule has 2 fully saturated rings. The number of nitrogens with zero attached hydrogens (tertiary/aromatic N) is 5. The van der Waals surface area contributed by atoms with E-state index in [-0.39, 0.29) is 29.4 Å². The number of para-hydroxylation sites is 1. The van der Waals surface area contributed by atoms with E-state index in [4.69, 9.17) is 4.74 Å². The van der Waals surface area contributed by atoms with Crippen molar-refractivity contribution in [3.05, 3.63) is 42.0 Å². The standard InChI is InChI=1S/C17H19FN6O3/c18-13-3-1-2-4-14(13)19-17(26)23-9-12(10-23)24-11-15(20-21-24)16(25)22-5-7-27-8-6-22/h1-4,11-12H,5-10H2,(H,19,26). The molecule has 2 saturated heterocycles. The van der Waals surface area contributed by atoms with Gasteiger partial charge in [0, 0.05) is 26.2 Å². The molecule has 1 N–H and O–H groups in total. The van der Waals surface area contributed by atoms with Crippen LogP contribution < -0.4 is 5.32 Å². The Kier molecular flexibility index (Phi) is 4.71. The zero-order valence-electron chi connectivity index (χ0n) is 14.5. The van der Waals surface area contributed by atoms with Gasteiger partial charge in [-0.3, -0.25) is 4.79 Å². The molecule has 0 atom stereocenters. The number of aromatic nitrogens is 3. The minimum atomic E-state index is -0.481. The molecule has 4 rings (SSSR count). The van der Waals surface area contributed by atoms with Crippen molar-refractivity contribution in [1.82, 2.24) is 24.8 Å². The second-order valence-electron chi connectivity index (χ2n) is 6.46. The van der Waals surface area contributed by atoms with Crippen molar-refractivity contribution in [3.63, 3.8) is 0 Å². The largest absolute Gasteiger partial charge is 0.378 e. The highest BCUT2D eigenvalue weighted by molar-refractivity contribution is 5.92. The Balaban J connectivity index is 1.32. The van der Waals surface area contributed by atoms with E-state index in [0.29, 0.717) is 39.4 Å². The third-order valence-corrected chi connectivity index (χ3v) is 4.67. The Labute approximate surface area is 154 Å². The summed E-state index contributed by atoms with van der Waals surface area (Å²) in [7, 11) is 0. The van der Waals surface area contributed by atoms with Gasteiger partial charge in [0.15, 0.2) is 5.69 Å². The van der Waals surface area contributed by atoms with E-state index < -0.39 is 5.82 Å². The molecule has 0 spiro atoms. The van der Waals surface area contributed by atoms with Crippen molar-refractivity contribution in [3.8, 4) is 0 Å². The maximum atomic E-state index is 13.6. The monoisotopic (exact) mass is 374 g/mol. The molecule has 9 nitrogen and oxygen atoms in total. The first-order chi connectivity index (χ1) is 13.1. The number of ether oxygens (including phenoxy) is 1. The van der Waals surface area contributed by atoms with Gasteiger partial charge in [-0.25, -0.2) is 13.9 Å². The predicted molar refractivity (Wildman–Crippen MR) is 92.8 cm³/mol. The Morgan fingerprint density at radius 1 is 1.15 bits per heavy atom. The van der Waals surface area contributed by atoms with Gasteiger partial charge in [-0.2, -0.15) is 0 Å². The van der Waals surface area contributed by atoms with Crippen molar-refractivity contribution < 1.29 is 18.7 Å². The molecule has 2 aromatic rings. The Hall–Kier alpha value is -3.01. The van der Waals surface area contributed by atoms with Crippen LogP contribution in [0.3, 0.4) is 0 Å². The molecular weight excluding hydrogens is 355 g/mol. The number of morpholine rings is 1. The molecule has 10 heteroatoms. The second-order valence-corrected chi connectivity index (χ2v) is 6.46. The van der Waals surface area contributed by atoms with Gasteiger partial charge in [-0.15, -0.1) is 5.10 Å². The van der Waals surface area contributed by atoms with Crippen molar-refractivity contribution >= 4 is 17.6 Å². The highest BCUT2D eigenvalue weighted by atomic mass is 19.1. The van der Waals surface area contributed by atoms with Crippen LogP contribution in [0.4, 0.5) is 14.9 Å². The maximum absolute atomic E-state index is 13.6. The lowest BCUT2D eigenvalue weighted by Crippen LogP contribution is -2.52. The number of hydrogen-bond donors (Lipinski definition) is 1. The number of likely N-dealkylation sites (tertiary alicyclic amines) is 1. The Morgan fingerprint density at radius 2 is 1.89 bits per heavy atom. The van der Waals surface area contributed by atoms with Gasteiger partial charge in [0.05, 0.1) is 31.1 Å². The summed E-state index contributed by atoms with van der Waals surface area (Å²) in [6.07, 6.45) is 1.61. The molecule has 0 unspecified atom stereocenters. The van der Waals surface area contributed by atoms with Crippen LogP contribution in [-0.4, -0.2) is 76.1 Å². The van der Waals surface area contributed by atoms with Crippen LogP contribution in [0, 0.1) is 5.82 Å². The first-order valence-electron chi connectivity index (χ1n) is 8.71. The summed E-state index contributed by atoms with van der Waals surface area (Å²) in [6, 6.07) is 5.57. The SMILES string of the molecule is O=C(Nc1ccccc1F)N1CC(n2cc(C(=O)N3CCOCC3)nn2)C1. The van der Waals surface area contributed by atoms with Crippen LogP contribution in [0.1, 0.15) is 16.5 Å². The van der Waals surface area contributed by atoms with E-state index in [1.807, 2.05) is 0 Å². The minimum Gasteiger partial charge on any atom is -0.378 e. The minimum absolute atomic E-state index is 0.0601. The Bertz CT molecular complexity index is 845. The fourth-order valence-electron chi connectivity index (χ4n) is 3.03. The number of amides is 3. The second kappa shape index (κ2) is 7.31. The molecule has 0 bridgehead atoms. The lowest BCUT2D eigenvalue weighted by atomic mass is 10.1. The number of benzene rings is 1. The molecule has 27 heavy (non-hydrogen) atoms. The van der Waals surface area contributed by atoms with Crippen LogP contribution in [0.15, 0.2) is 30.5 Å². The fourth-order valence-corrected chi connectivity index (χ4v) is 3.03. The topological polar surface area (TPSA) is 92.6 Å². The molecule has 2 aliphatic heterocycles. The van der Waals surface area contributed by atoms with Gasteiger partial charge in [-0.05, 0) is 12.1 Å². The third kappa shape index (κ3) is 3.61. The van der Waals surface area contributed by atoms with E-state index >= 15 is 0 Å². The van der Waals surface area contributed by atoms with Crippen LogP contribution >= 0.6 is 0 Å². The highest BCUT2D eigenvalue weighted by Crippen LogP contribution is 2.22. The van der Waals surface area contributed by atoms with Gasteiger partial charge >= 0.3 is 6.03 Å². The van der Waals surface area contributed by atoms with Gasteiger partial charge in [0.1, 0.15) is 5.82 Å². The summed E-state index contributed by atoms with van der Waals surface area (Å²) in [5.41, 5.74) is 0.427. The molecule has 1 aromatic carbocycles. The summed E-state index contributed by atoms with van der Waals surface area (Å²) in [5, 5.41) is 10.5. The summed E-state index contributed by atoms with van der Waals surface area (Å²) >= 11 is 0. The molecular formula is C17H19FN6O3. The number of nitrogens with one attached hydrogen (secondary N) is 1. The number of anilines is 1. The molecule has 3 amide bonds.